The van der Waals surface area contributed by atoms with E-state index in [0.29, 0.717) is 5.02 Å². The molecule has 0 aliphatic carbocycles. The molecule has 0 fully saturated rings. The molecule has 1 aliphatic heterocycles. The molecule has 0 saturated heterocycles. The number of benzene rings is 2. The first-order chi connectivity index (χ1) is 14.0. The van der Waals surface area contributed by atoms with Crippen molar-refractivity contribution < 1.29 is 32.7 Å². The molecule has 1 N–H and O–H groups in total. The number of carbonyl (C=O) groups is 1. The molecule has 1 atom stereocenters. The summed E-state index contributed by atoms with van der Waals surface area (Å²) in [5.41, 5.74) is -3.67. The van der Waals surface area contributed by atoms with Crippen molar-refractivity contribution in [3.8, 4) is 5.75 Å². The number of non-ortho nitro benzene ring substituents is 1. The van der Waals surface area contributed by atoms with Gasteiger partial charge in [-0.25, -0.2) is 0 Å². The number of nitrogens with zero attached hydrogens (tertiary/aromatic N) is 3. The lowest BCUT2D eigenvalue weighted by Gasteiger charge is -2.32. The number of nitro groups is 1. The smallest absolute Gasteiger partial charge is 0.438 e. The van der Waals surface area contributed by atoms with Gasteiger partial charge >= 0.3 is 6.18 Å². The van der Waals surface area contributed by atoms with Gasteiger partial charge in [0.1, 0.15) is 5.75 Å². The molecule has 1 amide bonds. The molecule has 0 unspecified atom stereocenters. The second kappa shape index (κ2) is 7.92. The number of alkyl halides is 3. The van der Waals surface area contributed by atoms with E-state index in [4.69, 9.17) is 16.3 Å². The Hall–Kier alpha value is -3.18. The van der Waals surface area contributed by atoms with Crippen LogP contribution in [-0.4, -0.2) is 45.2 Å². The fourth-order valence-electron chi connectivity index (χ4n) is 2.70. The number of amides is 1. The summed E-state index contributed by atoms with van der Waals surface area (Å²) in [4.78, 5) is 22.4. The molecule has 0 bridgehead atoms. The molecular formula is C18H13ClF3N3O5. The monoisotopic (exact) mass is 443 g/mol. The second-order valence-electron chi connectivity index (χ2n) is 6.29. The number of nitro benzene ring substituents is 1. The number of halogens is 4. The van der Waals surface area contributed by atoms with Gasteiger partial charge in [0.15, 0.2) is 6.61 Å². The van der Waals surface area contributed by atoms with Gasteiger partial charge in [-0.05, 0) is 29.8 Å². The Labute approximate surface area is 172 Å². The van der Waals surface area contributed by atoms with Gasteiger partial charge in [-0.2, -0.15) is 23.3 Å². The van der Waals surface area contributed by atoms with Crippen LogP contribution in [-0.2, 0) is 4.79 Å². The predicted octanol–water partition coefficient (Wildman–Crippen LogP) is 3.51. The van der Waals surface area contributed by atoms with Crippen molar-refractivity contribution in [2.75, 3.05) is 6.61 Å². The first-order valence-corrected chi connectivity index (χ1v) is 8.72. The van der Waals surface area contributed by atoms with Crippen LogP contribution in [0.3, 0.4) is 0 Å². The molecule has 0 aromatic heterocycles. The van der Waals surface area contributed by atoms with E-state index in [-0.39, 0.29) is 27.7 Å². The molecule has 1 heterocycles. The van der Waals surface area contributed by atoms with Gasteiger partial charge in [-0.1, -0.05) is 23.7 Å². The Kier molecular flexibility index (Phi) is 5.68. The fourth-order valence-corrected chi connectivity index (χ4v) is 2.83. The maximum atomic E-state index is 13.5. The number of carbonyl (C=O) groups excluding carboxylic acids is 1. The Morgan fingerprint density at radius 1 is 1.23 bits per heavy atom. The standard InChI is InChI=1S/C18H13ClF3N3O5/c19-12-3-1-11(2-4-12)15-9-17(27,18(20,21)22)24(23-15)16(26)10-30-14-7-5-13(6-8-14)25(28)29/h1-8,27H,9-10H2/t17-/m0/s1. The van der Waals surface area contributed by atoms with Gasteiger partial charge in [-0.15, -0.1) is 0 Å². The molecule has 12 heteroatoms. The topological polar surface area (TPSA) is 105 Å². The summed E-state index contributed by atoms with van der Waals surface area (Å²) >= 11 is 5.76. The molecule has 2 aromatic carbocycles. The van der Waals surface area contributed by atoms with Crippen LogP contribution < -0.4 is 4.74 Å². The summed E-state index contributed by atoms with van der Waals surface area (Å²) in [7, 11) is 0. The summed E-state index contributed by atoms with van der Waals surface area (Å²) in [6.07, 6.45) is -6.16. The third-order valence-corrected chi connectivity index (χ3v) is 4.51. The number of ether oxygens (including phenoxy) is 1. The van der Waals surface area contributed by atoms with Gasteiger partial charge in [-0.3, -0.25) is 14.9 Å². The van der Waals surface area contributed by atoms with E-state index in [2.05, 4.69) is 5.10 Å². The molecule has 1 aliphatic rings. The zero-order valence-electron chi connectivity index (χ0n) is 15.0. The summed E-state index contributed by atoms with van der Waals surface area (Å²) in [5.74, 6) is -1.23. The van der Waals surface area contributed by atoms with Crippen LogP contribution >= 0.6 is 11.6 Å². The molecule has 3 rings (SSSR count). The van der Waals surface area contributed by atoms with Crippen LogP contribution in [0.2, 0.25) is 5.02 Å². The largest absolute Gasteiger partial charge is 0.484 e. The fraction of sp³-hybridized carbons (Fsp3) is 0.222. The van der Waals surface area contributed by atoms with Crippen molar-refractivity contribution in [2.24, 2.45) is 5.10 Å². The number of rotatable bonds is 5. The Bertz CT molecular complexity index is 996. The number of aliphatic hydroxyl groups is 1. The number of hydrazone groups is 1. The van der Waals surface area contributed by atoms with E-state index >= 15 is 0 Å². The average molecular weight is 444 g/mol. The second-order valence-corrected chi connectivity index (χ2v) is 6.73. The molecule has 8 nitrogen and oxygen atoms in total. The van der Waals surface area contributed by atoms with Crippen molar-refractivity contribution in [2.45, 2.75) is 18.3 Å². The first-order valence-electron chi connectivity index (χ1n) is 8.34. The van der Waals surface area contributed by atoms with Crippen LogP contribution in [0, 0.1) is 10.1 Å². The van der Waals surface area contributed by atoms with E-state index in [9.17, 15) is 33.2 Å². The van der Waals surface area contributed by atoms with E-state index in [1.807, 2.05) is 0 Å². The summed E-state index contributed by atoms with van der Waals surface area (Å²) in [5, 5.41) is 24.9. The highest BCUT2D eigenvalue weighted by molar-refractivity contribution is 6.30. The van der Waals surface area contributed by atoms with Crippen molar-refractivity contribution >= 4 is 28.9 Å². The average Bonchev–Trinajstić information content (AvgIpc) is 3.06. The zero-order chi connectivity index (χ0) is 22.1. The number of hydrogen-bond acceptors (Lipinski definition) is 6. The van der Waals surface area contributed by atoms with Gasteiger partial charge in [0.05, 0.1) is 17.1 Å². The first kappa shape index (κ1) is 21.5. The van der Waals surface area contributed by atoms with Gasteiger partial charge in [0.2, 0.25) is 0 Å². The lowest BCUT2D eigenvalue weighted by Crippen LogP contribution is -2.57. The Balaban J connectivity index is 1.81. The van der Waals surface area contributed by atoms with Crippen LogP contribution in [0.1, 0.15) is 12.0 Å². The van der Waals surface area contributed by atoms with Crippen molar-refractivity contribution in [3.05, 3.63) is 69.2 Å². The zero-order valence-corrected chi connectivity index (χ0v) is 15.7. The van der Waals surface area contributed by atoms with Gasteiger partial charge in [0.25, 0.3) is 17.3 Å². The van der Waals surface area contributed by atoms with Gasteiger partial charge in [0, 0.05) is 17.2 Å². The quantitative estimate of drug-likeness (QED) is 0.562. The molecule has 0 saturated carbocycles. The lowest BCUT2D eigenvalue weighted by atomic mass is 10.0. The number of hydrogen-bond donors (Lipinski definition) is 1. The summed E-state index contributed by atoms with van der Waals surface area (Å²) in [6.45, 7) is -0.881. The minimum absolute atomic E-state index is 0.0191. The lowest BCUT2D eigenvalue weighted by molar-refractivity contribution is -0.384. The van der Waals surface area contributed by atoms with Crippen LogP contribution in [0.4, 0.5) is 18.9 Å². The van der Waals surface area contributed by atoms with Crippen molar-refractivity contribution in [1.29, 1.82) is 0 Å². The predicted molar refractivity (Wildman–Crippen MR) is 99.0 cm³/mol. The van der Waals surface area contributed by atoms with Gasteiger partial charge < -0.3 is 9.84 Å². The third kappa shape index (κ3) is 4.21. The SMILES string of the molecule is O=C(COc1ccc([N+](=O)[O-])cc1)N1N=C(c2ccc(Cl)cc2)C[C@]1(O)C(F)(F)F. The van der Waals surface area contributed by atoms with Crippen molar-refractivity contribution in [1.82, 2.24) is 5.01 Å². The molecule has 2 aromatic rings. The van der Waals surface area contributed by atoms with Crippen LogP contribution in [0.25, 0.3) is 0 Å². The maximum Gasteiger partial charge on any atom is 0.438 e. The molecular weight excluding hydrogens is 431 g/mol. The van der Waals surface area contributed by atoms with Crippen LogP contribution in [0.5, 0.6) is 5.75 Å². The molecule has 158 valence electrons. The Morgan fingerprint density at radius 3 is 2.37 bits per heavy atom. The van der Waals surface area contributed by atoms with E-state index in [1.165, 1.54) is 36.4 Å². The van der Waals surface area contributed by atoms with E-state index in [1.54, 1.807) is 0 Å². The third-order valence-electron chi connectivity index (χ3n) is 4.26. The maximum absolute atomic E-state index is 13.5. The van der Waals surface area contributed by atoms with E-state index in [0.717, 1.165) is 12.1 Å². The van der Waals surface area contributed by atoms with Crippen molar-refractivity contribution in [3.63, 3.8) is 0 Å². The molecule has 0 spiro atoms. The highest BCUT2D eigenvalue weighted by Gasteiger charge is 2.63. The summed E-state index contributed by atoms with van der Waals surface area (Å²) < 4.78 is 45.7. The minimum Gasteiger partial charge on any atom is -0.484 e. The van der Waals surface area contributed by atoms with E-state index < -0.39 is 35.8 Å². The molecule has 0 radical (unpaired) electrons. The minimum atomic E-state index is -5.19. The highest BCUT2D eigenvalue weighted by Crippen LogP contribution is 2.41. The highest BCUT2D eigenvalue weighted by atomic mass is 35.5. The normalized spacial score (nSPS) is 18.8. The van der Waals surface area contributed by atoms with Crippen LogP contribution in [0.15, 0.2) is 53.6 Å². The Morgan fingerprint density at radius 2 is 1.83 bits per heavy atom. The summed E-state index contributed by atoms with van der Waals surface area (Å²) in [6, 6.07) is 10.3. The molecule has 30 heavy (non-hydrogen) atoms.